The molecule has 1 unspecified atom stereocenters. The van der Waals surface area contributed by atoms with Crippen molar-refractivity contribution < 1.29 is 25.4 Å². The summed E-state index contributed by atoms with van der Waals surface area (Å²) in [5.74, 6) is -0.493. The summed E-state index contributed by atoms with van der Waals surface area (Å²) in [6.45, 7) is 6.24. The van der Waals surface area contributed by atoms with Gasteiger partial charge < -0.3 is 19.9 Å². The van der Waals surface area contributed by atoms with Crippen LogP contribution in [0.3, 0.4) is 0 Å². The van der Waals surface area contributed by atoms with E-state index >= 15 is 0 Å². The highest BCUT2D eigenvalue weighted by atomic mass is 16.5. The molecule has 0 bridgehead atoms. The highest BCUT2D eigenvalue weighted by Crippen LogP contribution is 2.28. The van der Waals surface area contributed by atoms with Gasteiger partial charge in [0.05, 0.1) is 26.3 Å². The van der Waals surface area contributed by atoms with Crippen molar-refractivity contribution in [3.63, 3.8) is 0 Å². The second-order valence-electron chi connectivity index (χ2n) is 7.81. The quantitative estimate of drug-likeness (QED) is 0.239. The predicted octanol–water partition coefficient (Wildman–Crippen LogP) is 0.00810. The van der Waals surface area contributed by atoms with E-state index in [-0.39, 0.29) is 0 Å². The first-order chi connectivity index (χ1) is 14.7. The number of amides is 1. The first-order valence-electron chi connectivity index (χ1n) is 10.5. The van der Waals surface area contributed by atoms with E-state index in [2.05, 4.69) is 34.6 Å². The van der Waals surface area contributed by atoms with E-state index in [9.17, 15) is 4.79 Å². The van der Waals surface area contributed by atoms with Crippen LogP contribution in [-0.2, 0) is 24.2 Å². The number of hydroxylamine groups is 1. The number of carbonyl (C=O) groups excluding carboxylic acids is 1. The second-order valence-corrected chi connectivity index (χ2v) is 7.81. The van der Waals surface area contributed by atoms with E-state index < -0.39 is 5.91 Å². The molecule has 0 aliphatic carbocycles. The molecule has 0 saturated heterocycles. The molecular formula is C23H30N4O3+2. The summed E-state index contributed by atoms with van der Waals surface area (Å²) in [6.07, 6.45) is 1.04. The first-order valence-corrected chi connectivity index (χ1v) is 10.5. The van der Waals surface area contributed by atoms with Crippen LogP contribution in [0.4, 0.5) is 0 Å². The van der Waals surface area contributed by atoms with Gasteiger partial charge >= 0.3 is 0 Å². The van der Waals surface area contributed by atoms with E-state index in [1.807, 2.05) is 12.1 Å². The number of fused-ring (bicyclic) bond motifs is 3. The van der Waals surface area contributed by atoms with Gasteiger partial charge in [0.2, 0.25) is 0 Å². The molecule has 1 amide bonds. The Balaban J connectivity index is 1.57. The third kappa shape index (κ3) is 4.24. The Morgan fingerprint density at radius 2 is 1.97 bits per heavy atom. The third-order valence-corrected chi connectivity index (χ3v) is 5.88. The summed E-state index contributed by atoms with van der Waals surface area (Å²) in [5.41, 5.74) is 11.2. The van der Waals surface area contributed by atoms with Crippen LogP contribution >= 0.6 is 0 Å². The van der Waals surface area contributed by atoms with Crippen LogP contribution in [0.1, 0.15) is 27.2 Å². The van der Waals surface area contributed by atoms with Crippen molar-refractivity contribution in [1.82, 2.24) is 10.0 Å². The van der Waals surface area contributed by atoms with Crippen molar-refractivity contribution >= 4 is 16.8 Å². The smallest absolute Gasteiger partial charge is 0.274 e. The average Bonchev–Trinajstić information content (AvgIpc) is 3.10. The number of benzene rings is 2. The Labute approximate surface area is 176 Å². The van der Waals surface area contributed by atoms with E-state index in [1.54, 1.807) is 22.5 Å². The molecule has 30 heavy (non-hydrogen) atoms. The molecule has 3 aromatic rings. The molecular weight excluding hydrogens is 380 g/mol. The second kappa shape index (κ2) is 9.40. The third-order valence-electron chi connectivity index (χ3n) is 5.88. The lowest BCUT2D eigenvalue weighted by Gasteiger charge is -2.25. The maximum atomic E-state index is 11.6. The highest BCUT2D eigenvalue weighted by Gasteiger charge is 2.26. The monoisotopic (exact) mass is 410 g/mol. The van der Waals surface area contributed by atoms with Crippen LogP contribution in [0.25, 0.3) is 10.9 Å². The fourth-order valence-corrected chi connectivity index (χ4v) is 4.37. The predicted molar refractivity (Wildman–Crippen MR) is 113 cm³/mol. The van der Waals surface area contributed by atoms with Gasteiger partial charge in [0.25, 0.3) is 5.91 Å². The summed E-state index contributed by atoms with van der Waals surface area (Å²) < 4.78 is 8.07. The van der Waals surface area contributed by atoms with Crippen molar-refractivity contribution in [2.24, 2.45) is 0 Å². The van der Waals surface area contributed by atoms with E-state index in [0.29, 0.717) is 5.56 Å². The van der Waals surface area contributed by atoms with Gasteiger partial charge in [-0.3, -0.25) is 10.0 Å². The minimum absolute atomic E-state index is 0.445. The summed E-state index contributed by atoms with van der Waals surface area (Å²) in [4.78, 5) is 13.1. The molecule has 0 radical (unpaired) electrons. The molecule has 158 valence electrons. The molecule has 6 N–H and O–H groups in total. The Kier molecular flexibility index (Phi) is 6.44. The normalized spacial score (nSPS) is 15.9. The minimum Gasteiger partial charge on any atom is -0.370 e. The lowest BCUT2D eigenvalue weighted by molar-refractivity contribution is -0.916. The van der Waals surface area contributed by atoms with E-state index in [1.165, 1.54) is 22.2 Å². The number of nitrogens with zero attached hydrogens (tertiary/aromatic N) is 1. The number of nitrogens with one attached hydrogen (secondary N) is 2. The Morgan fingerprint density at radius 3 is 2.73 bits per heavy atom. The number of aromatic nitrogens is 1. The largest absolute Gasteiger partial charge is 0.370 e. The molecule has 1 aliphatic rings. The number of hydrogen-bond donors (Lipinski definition) is 4. The van der Waals surface area contributed by atoms with Crippen molar-refractivity contribution in [3.05, 3.63) is 70.9 Å². The lowest BCUT2D eigenvalue weighted by Crippen LogP contribution is -3.12. The molecule has 1 atom stereocenters. The van der Waals surface area contributed by atoms with Crippen LogP contribution in [0.5, 0.6) is 0 Å². The number of ether oxygens (including phenoxy) is 1. The van der Waals surface area contributed by atoms with Crippen LogP contribution < -0.4 is 16.1 Å². The van der Waals surface area contributed by atoms with E-state index in [0.717, 1.165) is 57.9 Å². The summed E-state index contributed by atoms with van der Waals surface area (Å²) in [5, 5.41) is 10.1. The van der Waals surface area contributed by atoms with Crippen molar-refractivity contribution in [3.8, 4) is 0 Å². The van der Waals surface area contributed by atoms with Gasteiger partial charge in [0, 0.05) is 40.7 Å². The fourth-order valence-electron chi connectivity index (χ4n) is 4.37. The summed E-state index contributed by atoms with van der Waals surface area (Å²) in [6, 6.07) is 16.0. The first kappa shape index (κ1) is 20.6. The zero-order valence-electron chi connectivity index (χ0n) is 17.2. The van der Waals surface area contributed by atoms with Gasteiger partial charge in [-0.05, 0) is 23.8 Å². The molecule has 7 heteroatoms. The number of para-hydroxylation sites is 1. The Morgan fingerprint density at radius 1 is 1.17 bits per heavy atom. The molecule has 1 aliphatic heterocycles. The van der Waals surface area contributed by atoms with Crippen LogP contribution in [0.2, 0.25) is 0 Å². The number of hydrogen-bond acceptors (Lipinski definition) is 3. The van der Waals surface area contributed by atoms with Gasteiger partial charge in [-0.25, -0.2) is 5.48 Å². The topological polar surface area (TPSA) is 95.6 Å². The minimum atomic E-state index is -0.493. The fraction of sp³-hybridized carbons (Fsp3) is 0.348. The molecule has 0 fully saturated rings. The SMILES string of the molecule is [NH3+]CCOCC[NH+]1CCc2c(c3ccccc3n2Cc2ccc(C(=O)NO)cc2)C1. The molecule has 2 heterocycles. The van der Waals surface area contributed by atoms with Crippen LogP contribution in [0.15, 0.2) is 48.5 Å². The standard InChI is InChI=1S/C23H28N4O3/c24-10-13-30-14-12-26-11-9-22-20(16-26)19-3-1-2-4-21(19)27(22)15-17-5-7-18(8-6-17)23(28)25-29/h1-8,29H,9-16,24H2,(H,25,28)/p+2. The highest BCUT2D eigenvalue weighted by molar-refractivity contribution is 5.93. The summed E-state index contributed by atoms with van der Waals surface area (Å²) in [7, 11) is 0. The number of rotatable bonds is 8. The zero-order chi connectivity index (χ0) is 20.9. The van der Waals surface area contributed by atoms with Crippen molar-refractivity contribution in [2.45, 2.75) is 19.5 Å². The molecule has 1 aromatic heterocycles. The van der Waals surface area contributed by atoms with Gasteiger partial charge in [-0.1, -0.05) is 30.3 Å². The number of carbonyl (C=O) groups is 1. The molecule has 2 aromatic carbocycles. The molecule has 7 nitrogen and oxygen atoms in total. The number of quaternary nitrogens is 2. The molecule has 4 rings (SSSR count). The molecule has 0 spiro atoms. The van der Waals surface area contributed by atoms with Gasteiger partial charge in [0.15, 0.2) is 0 Å². The Hall–Kier alpha value is -2.71. The summed E-state index contributed by atoms with van der Waals surface area (Å²) >= 11 is 0. The van der Waals surface area contributed by atoms with Crippen molar-refractivity contribution in [2.75, 3.05) is 32.8 Å². The van der Waals surface area contributed by atoms with Crippen molar-refractivity contribution in [1.29, 1.82) is 0 Å². The van der Waals surface area contributed by atoms with Crippen LogP contribution in [0, 0.1) is 0 Å². The van der Waals surface area contributed by atoms with Gasteiger partial charge in [-0.2, -0.15) is 0 Å². The average molecular weight is 411 g/mol. The Bertz CT molecular complexity index is 1010. The van der Waals surface area contributed by atoms with Gasteiger partial charge in [0.1, 0.15) is 13.1 Å². The molecule has 0 saturated carbocycles. The van der Waals surface area contributed by atoms with Gasteiger partial charge in [-0.15, -0.1) is 0 Å². The van der Waals surface area contributed by atoms with Crippen LogP contribution in [-0.4, -0.2) is 48.5 Å². The maximum absolute atomic E-state index is 11.6. The van der Waals surface area contributed by atoms with E-state index in [4.69, 9.17) is 9.94 Å². The lowest BCUT2D eigenvalue weighted by atomic mass is 10.0. The zero-order valence-corrected chi connectivity index (χ0v) is 17.2. The maximum Gasteiger partial charge on any atom is 0.274 e.